The Kier molecular flexibility index (Phi) is 5.46. The second-order valence-corrected chi connectivity index (χ2v) is 8.37. The summed E-state index contributed by atoms with van der Waals surface area (Å²) in [4.78, 5) is 36.9. The summed E-state index contributed by atoms with van der Waals surface area (Å²) in [6.07, 6.45) is 3.87. The van der Waals surface area contributed by atoms with E-state index in [-0.39, 0.29) is 11.4 Å². The van der Waals surface area contributed by atoms with Gasteiger partial charge in [-0.05, 0) is 37.5 Å². The number of aryl methyl sites for hydroxylation is 2. The van der Waals surface area contributed by atoms with Crippen LogP contribution in [0.15, 0.2) is 66.2 Å². The lowest BCUT2D eigenvalue weighted by Gasteiger charge is -2.26. The van der Waals surface area contributed by atoms with Crippen LogP contribution in [0.5, 0.6) is 0 Å². The van der Waals surface area contributed by atoms with Gasteiger partial charge in [-0.1, -0.05) is 36.4 Å². The minimum absolute atomic E-state index is 0.0906. The van der Waals surface area contributed by atoms with Crippen LogP contribution in [0.2, 0.25) is 0 Å². The van der Waals surface area contributed by atoms with Crippen molar-refractivity contribution in [3.63, 3.8) is 0 Å². The van der Waals surface area contributed by atoms with Crippen LogP contribution in [0.4, 0.5) is 0 Å². The molecule has 1 unspecified atom stereocenters. The van der Waals surface area contributed by atoms with E-state index in [1.807, 2.05) is 43.3 Å². The number of nitrogens with zero attached hydrogens (tertiary/aromatic N) is 3. The van der Waals surface area contributed by atoms with Gasteiger partial charge in [0.15, 0.2) is 5.76 Å². The molecule has 3 heterocycles. The molecule has 4 rings (SSSR count). The van der Waals surface area contributed by atoms with Crippen molar-refractivity contribution < 1.29 is 14.7 Å². The molecule has 6 nitrogen and oxygen atoms in total. The van der Waals surface area contributed by atoms with Crippen LogP contribution in [0.1, 0.15) is 37.5 Å². The van der Waals surface area contributed by atoms with E-state index in [0.717, 1.165) is 10.6 Å². The zero-order valence-corrected chi connectivity index (χ0v) is 17.5. The zero-order valence-electron chi connectivity index (χ0n) is 16.7. The summed E-state index contributed by atoms with van der Waals surface area (Å²) in [5.41, 5.74) is 2.45. The first-order chi connectivity index (χ1) is 14.5. The average molecular weight is 420 g/mol. The van der Waals surface area contributed by atoms with Gasteiger partial charge in [-0.25, -0.2) is 4.98 Å². The van der Waals surface area contributed by atoms with E-state index in [9.17, 15) is 14.7 Å². The van der Waals surface area contributed by atoms with Crippen molar-refractivity contribution in [2.45, 2.75) is 26.3 Å². The first-order valence-electron chi connectivity index (χ1n) is 9.64. The third-order valence-corrected chi connectivity index (χ3v) is 6.21. The van der Waals surface area contributed by atoms with Gasteiger partial charge in [0, 0.05) is 18.9 Å². The normalized spacial score (nSPS) is 16.4. The van der Waals surface area contributed by atoms with E-state index in [1.54, 1.807) is 30.3 Å². The lowest BCUT2D eigenvalue weighted by molar-refractivity contribution is -0.129. The van der Waals surface area contributed by atoms with Crippen molar-refractivity contribution in [3.8, 4) is 0 Å². The number of benzene rings is 1. The summed E-state index contributed by atoms with van der Waals surface area (Å²) >= 11 is 1.27. The lowest BCUT2D eigenvalue weighted by Crippen LogP contribution is -2.33. The molecule has 0 aliphatic carbocycles. The monoisotopic (exact) mass is 419 g/mol. The summed E-state index contributed by atoms with van der Waals surface area (Å²) in [5, 5.41) is 11.5. The third-order valence-electron chi connectivity index (χ3n) is 5.14. The Balaban J connectivity index is 1.73. The number of carbonyl (C=O) groups is 2. The number of pyridine rings is 1. The van der Waals surface area contributed by atoms with E-state index in [2.05, 4.69) is 9.97 Å². The third kappa shape index (κ3) is 3.64. The summed E-state index contributed by atoms with van der Waals surface area (Å²) in [6.45, 7) is 3.95. The van der Waals surface area contributed by atoms with Gasteiger partial charge in [0.1, 0.15) is 0 Å². The largest absolute Gasteiger partial charge is 0.503 e. The molecule has 1 aliphatic heterocycles. The second kappa shape index (κ2) is 8.20. The Labute approximate surface area is 178 Å². The van der Waals surface area contributed by atoms with E-state index < -0.39 is 17.7 Å². The van der Waals surface area contributed by atoms with Crippen molar-refractivity contribution in [1.82, 2.24) is 14.9 Å². The number of ketones is 1. The smallest absolute Gasteiger partial charge is 0.290 e. The number of thiazole rings is 1. The maximum absolute atomic E-state index is 13.4. The molecule has 0 bridgehead atoms. The van der Waals surface area contributed by atoms with Crippen molar-refractivity contribution in [2.24, 2.45) is 0 Å². The molecular formula is C23H21N3O3S. The van der Waals surface area contributed by atoms with Gasteiger partial charge < -0.3 is 10.0 Å². The molecule has 152 valence electrons. The number of Topliss-reactive ketones (excluding diaryl/α,β-unsaturated/α-hetero) is 1. The van der Waals surface area contributed by atoms with E-state index in [0.29, 0.717) is 29.1 Å². The highest BCUT2D eigenvalue weighted by molar-refractivity contribution is 7.14. The summed E-state index contributed by atoms with van der Waals surface area (Å²) in [6, 6.07) is 12.7. The Morgan fingerprint density at radius 1 is 1.17 bits per heavy atom. The first kappa shape index (κ1) is 20.0. The van der Waals surface area contributed by atoms with Crippen LogP contribution in [-0.2, 0) is 11.2 Å². The molecule has 1 N–H and O–H groups in total. The molecule has 2 aromatic heterocycles. The predicted molar refractivity (Wildman–Crippen MR) is 114 cm³/mol. The zero-order chi connectivity index (χ0) is 21.3. The molecule has 1 atom stereocenters. The summed E-state index contributed by atoms with van der Waals surface area (Å²) in [5.74, 6) is -1.39. The highest BCUT2D eigenvalue weighted by Crippen LogP contribution is 2.39. The molecule has 0 radical (unpaired) electrons. The summed E-state index contributed by atoms with van der Waals surface area (Å²) < 4.78 is 0. The number of amides is 1. The van der Waals surface area contributed by atoms with Crippen LogP contribution in [-0.4, -0.2) is 38.2 Å². The van der Waals surface area contributed by atoms with Crippen LogP contribution < -0.4 is 0 Å². The Hall–Kier alpha value is -3.32. The van der Waals surface area contributed by atoms with Gasteiger partial charge in [0.25, 0.3) is 5.91 Å². The number of carbonyl (C=O) groups excluding carboxylic acids is 2. The van der Waals surface area contributed by atoms with Gasteiger partial charge in [-0.15, -0.1) is 11.3 Å². The molecular weight excluding hydrogens is 398 g/mol. The number of aromatic nitrogens is 2. The number of aliphatic hydroxyl groups excluding tert-OH is 1. The lowest BCUT2D eigenvalue weighted by atomic mass is 9.96. The van der Waals surface area contributed by atoms with Crippen LogP contribution in [0, 0.1) is 13.8 Å². The predicted octanol–water partition coefficient (Wildman–Crippen LogP) is 3.98. The fraction of sp³-hybridized carbons (Fsp3) is 0.217. The highest BCUT2D eigenvalue weighted by Gasteiger charge is 2.44. The fourth-order valence-electron chi connectivity index (χ4n) is 3.76. The minimum atomic E-state index is -0.691. The molecule has 0 fully saturated rings. The van der Waals surface area contributed by atoms with Crippen LogP contribution in [0.25, 0.3) is 0 Å². The van der Waals surface area contributed by atoms with Gasteiger partial charge >= 0.3 is 0 Å². The van der Waals surface area contributed by atoms with Crippen molar-refractivity contribution >= 4 is 23.0 Å². The maximum Gasteiger partial charge on any atom is 0.290 e. The molecule has 1 aromatic carbocycles. The first-order valence-corrected chi connectivity index (χ1v) is 10.5. The highest BCUT2D eigenvalue weighted by atomic mass is 32.1. The van der Waals surface area contributed by atoms with E-state index in [1.165, 1.54) is 11.3 Å². The molecule has 0 saturated carbocycles. The van der Waals surface area contributed by atoms with Crippen molar-refractivity contribution in [2.75, 3.05) is 6.54 Å². The minimum Gasteiger partial charge on any atom is -0.503 e. The molecule has 3 aromatic rings. The SMILES string of the molecule is Cc1nc(C)c(C(=O)C2=C(O)C(=O)N(CCc3ccccc3)C2c2cccnc2)s1. The quantitative estimate of drug-likeness (QED) is 0.611. The summed E-state index contributed by atoms with van der Waals surface area (Å²) in [7, 11) is 0. The van der Waals surface area contributed by atoms with Gasteiger partial charge in [-0.2, -0.15) is 0 Å². The molecule has 1 aliphatic rings. The molecule has 30 heavy (non-hydrogen) atoms. The van der Waals surface area contributed by atoms with Gasteiger partial charge in [0.2, 0.25) is 5.78 Å². The van der Waals surface area contributed by atoms with Crippen molar-refractivity contribution in [1.29, 1.82) is 0 Å². The second-order valence-electron chi connectivity index (χ2n) is 7.16. The van der Waals surface area contributed by atoms with Gasteiger partial charge in [0.05, 0.1) is 27.2 Å². The van der Waals surface area contributed by atoms with Crippen LogP contribution in [0.3, 0.4) is 0 Å². The average Bonchev–Trinajstić information content (AvgIpc) is 3.23. The Morgan fingerprint density at radius 2 is 1.93 bits per heavy atom. The Morgan fingerprint density at radius 3 is 2.57 bits per heavy atom. The number of aliphatic hydroxyl groups is 1. The van der Waals surface area contributed by atoms with Gasteiger partial charge in [-0.3, -0.25) is 14.6 Å². The van der Waals surface area contributed by atoms with Crippen LogP contribution >= 0.6 is 11.3 Å². The number of rotatable bonds is 6. The molecule has 7 heteroatoms. The number of hydrogen-bond acceptors (Lipinski definition) is 6. The van der Waals surface area contributed by atoms with E-state index >= 15 is 0 Å². The van der Waals surface area contributed by atoms with Crippen molar-refractivity contribution in [3.05, 3.63) is 92.9 Å². The maximum atomic E-state index is 13.4. The Bertz CT molecular complexity index is 1120. The van der Waals surface area contributed by atoms with E-state index in [4.69, 9.17) is 0 Å². The molecule has 0 saturated heterocycles. The standard InChI is InChI=1S/C23H21N3O3S/c1-14-22(30-15(2)25-14)20(27)18-19(17-9-6-11-24-13-17)26(23(29)21(18)28)12-10-16-7-4-3-5-8-16/h3-9,11,13,19,28H,10,12H2,1-2H3. The molecule has 0 spiro atoms. The molecule has 1 amide bonds. The number of hydrogen-bond donors (Lipinski definition) is 1. The fourth-order valence-corrected chi connectivity index (χ4v) is 4.63. The topological polar surface area (TPSA) is 83.4 Å².